The van der Waals surface area contributed by atoms with Gasteiger partial charge in [-0.15, -0.1) is 0 Å². The first-order valence-corrected chi connectivity index (χ1v) is 5.36. The molecule has 0 unspecified atom stereocenters. The summed E-state index contributed by atoms with van der Waals surface area (Å²) in [5.74, 6) is 6.71. The molecule has 5 heteroatoms. The normalized spacial score (nSPS) is 10.4. The highest BCUT2D eigenvalue weighted by molar-refractivity contribution is 5.58. The number of hydrogen-bond donors (Lipinski definition) is 2. The van der Waals surface area contributed by atoms with Crippen LogP contribution >= 0.6 is 0 Å². The summed E-state index contributed by atoms with van der Waals surface area (Å²) in [7, 11) is 0. The maximum absolute atomic E-state index is 5.43. The third kappa shape index (κ3) is 2.24. The lowest BCUT2D eigenvalue weighted by Gasteiger charge is -2.09. The number of aryl methyl sites for hydroxylation is 2. The molecular weight excluding hydrogens is 214 g/mol. The highest BCUT2D eigenvalue weighted by Gasteiger charge is 2.08. The maximum Gasteiger partial charge on any atom is 0.163 e. The molecule has 0 atom stereocenters. The second kappa shape index (κ2) is 4.47. The molecule has 3 N–H and O–H groups in total. The molecule has 0 saturated heterocycles. The molecule has 0 aromatic carbocycles. The fraction of sp³-hybridized carbons (Fsp3) is 0.250. The van der Waals surface area contributed by atoms with E-state index in [2.05, 4.69) is 20.4 Å². The standard InChI is InChI=1S/C12H15N5/c1-7-4-5-10(6-14-7)12-15-9(3)8(2)11(16-12)17-13/h4-6H,13H2,1-3H3,(H,15,16,17). The van der Waals surface area contributed by atoms with Gasteiger partial charge in [-0.05, 0) is 32.9 Å². The van der Waals surface area contributed by atoms with E-state index in [0.29, 0.717) is 11.6 Å². The molecule has 0 aliphatic rings. The SMILES string of the molecule is Cc1ccc(-c2nc(C)c(C)c(NN)n2)cn1. The molecule has 0 saturated carbocycles. The second-order valence-corrected chi connectivity index (χ2v) is 3.94. The van der Waals surface area contributed by atoms with Crippen molar-refractivity contribution >= 4 is 5.82 Å². The van der Waals surface area contributed by atoms with Crippen LogP contribution in [0.2, 0.25) is 0 Å². The van der Waals surface area contributed by atoms with Gasteiger partial charge in [-0.2, -0.15) is 0 Å². The van der Waals surface area contributed by atoms with Crippen LogP contribution in [-0.4, -0.2) is 15.0 Å². The minimum atomic E-state index is 0.633. The lowest BCUT2D eigenvalue weighted by atomic mass is 10.2. The summed E-state index contributed by atoms with van der Waals surface area (Å²) in [6, 6.07) is 3.89. The van der Waals surface area contributed by atoms with Crippen molar-refractivity contribution in [3.05, 3.63) is 35.3 Å². The molecule has 2 rings (SSSR count). The Kier molecular flexibility index (Phi) is 3.01. The monoisotopic (exact) mass is 229 g/mol. The predicted molar refractivity (Wildman–Crippen MR) is 67.3 cm³/mol. The van der Waals surface area contributed by atoms with Gasteiger partial charge >= 0.3 is 0 Å². The Hall–Kier alpha value is -2.01. The quantitative estimate of drug-likeness (QED) is 0.606. The molecule has 0 fully saturated rings. The first-order chi connectivity index (χ1) is 8.11. The number of nitrogens with two attached hydrogens (primary N) is 1. The van der Waals surface area contributed by atoms with E-state index >= 15 is 0 Å². The van der Waals surface area contributed by atoms with E-state index < -0.39 is 0 Å². The Balaban J connectivity index is 2.52. The van der Waals surface area contributed by atoms with Crippen LogP contribution in [0.5, 0.6) is 0 Å². The Morgan fingerprint density at radius 3 is 2.47 bits per heavy atom. The minimum Gasteiger partial charge on any atom is -0.308 e. The number of nitrogen functional groups attached to an aromatic ring is 1. The van der Waals surface area contributed by atoms with E-state index in [0.717, 1.165) is 22.5 Å². The van der Waals surface area contributed by atoms with Crippen LogP contribution < -0.4 is 11.3 Å². The summed E-state index contributed by atoms with van der Waals surface area (Å²) < 4.78 is 0. The van der Waals surface area contributed by atoms with Crippen molar-refractivity contribution in [2.75, 3.05) is 5.43 Å². The molecule has 17 heavy (non-hydrogen) atoms. The van der Waals surface area contributed by atoms with Crippen LogP contribution in [0.4, 0.5) is 5.82 Å². The molecular formula is C12H15N5. The predicted octanol–water partition coefficient (Wildman–Crippen LogP) is 1.75. The Bertz CT molecular complexity index is 533. The van der Waals surface area contributed by atoms with Gasteiger partial charge < -0.3 is 5.43 Å². The molecule has 0 radical (unpaired) electrons. The zero-order valence-corrected chi connectivity index (χ0v) is 10.2. The van der Waals surface area contributed by atoms with Crippen LogP contribution in [0, 0.1) is 20.8 Å². The lowest BCUT2D eigenvalue weighted by Crippen LogP contribution is -2.12. The van der Waals surface area contributed by atoms with Gasteiger partial charge in [0.05, 0.1) is 0 Å². The molecule has 0 bridgehead atoms. The molecule has 0 amide bonds. The fourth-order valence-electron chi connectivity index (χ4n) is 1.50. The van der Waals surface area contributed by atoms with E-state index in [-0.39, 0.29) is 0 Å². The molecule has 5 nitrogen and oxygen atoms in total. The van der Waals surface area contributed by atoms with Gasteiger partial charge in [0.25, 0.3) is 0 Å². The number of anilines is 1. The fourth-order valence-corrected chi connectivity index (χ4v) is 1.50. The lowest BCUT2D eigenvalue weighted by molar-refractivity contribution is 1.05. The van der Waals surface area contributed by atoms with Gasteiger partial charge in [0.2, 0.25) is 0 Å². The average Bonchev–Trinajstić information content (AvgIpc) is 2.33. The van der Waals surface area contributed by atoms with E-state index in [1.165, 1.54) is 0 Å². The van der Waals surface area contributed by atoms with Crippen molar-refractivity contribution in [3.63, 3.8) is 0 Å². The molecule has 2 aromatic rings. The van der Waals surface area contributed by atoms with Crippen LogP contribution in [0.3, 0.4) is 0 Å². The molecule has 2 heterocycles. The summed E-state index contributed by atoms with van der Waals surface area (Å²) >= 11 is 0. The van der Waals surface area contributed by atoms with Gasteiger partial charge in [-0.1, -0.05) is 0 Å². The average molecular weight is 229 g/mol. The Morgan fingerprint density at radius 2 is 1.88 bits per heavy atom. The van der Waals surface area contributed by atoms with Crippen LogP contribution in [0.1, 0.15) is 17.0 Å². The smallest absolute Gasteiger partial charge is 0.163 e. The Labute approximate surface area is 100 Å². The van der Waals surface area contributed by atoms with Crippen LogP contribution in [-0.2, 0) is 0 Å². The summed E-state index contributed by atoms with van der Waals surface area (Å²) in [5, 5.41) is 0. The van der Waals surface area contributed by atoms with Crippen LogP contribution in [0.15, 0.2) is 18.3 Å². The molecule has 2 aromatic heterocycles. The van der Waals surface area contributed by atoms with Crippen molar-refractivity contribution in [3.8, 4) is 11.4 Å². The number of rotatable bonds is 2. The van der Waals surface area contributed by atoms with Crippen molar-refractivity contribution in [1.29, 1.82) is 0 Å². The molecule has 0 aliphatic carbocycles. The first-order valence-electron chi connectivity index (χ1n) is 5.36. The Morgan fingerprint density at radius 1 is 1.12 bits per heavy atom. The van der Waals surface area contributed by atoms with Gasteiger partial charge in [0.1, 0.15) is 5.82 Å². The number of nitrogens with one attached hydrogen (secondary N) is 1. The number of hydrazine groups is 1. The zero-order valence-electron chi connectivity index (χ0n) is 10.2. The first kappa shape index (κ1) is 11.5. The van der Waals surface area contributed by atoms with Crippen molar-refractivity contribution in [1.82, 2.24) is 15.0 Å². The van der Waals surface area contributed by atoms with E-state index in [1.807, 2.05) is 32.9 Å². The van der Waals surface area contributed by atoms with Gasteiger partial charge in [-0.25, -0.2) is 15.8 Å². The highest BCUT2D eigenvalue weighted by Crippen LogP contribution is 2.20. The highest BCUT2D eigenvalue weighted by atomic mass is 15.3. The van der Waals surface area contributed by atoms with Crippen molar-refractivity contribution < 1.29 is 0 Å². The summed E-state index contributed by atoms with van der Waals surface area (Å²) in [4.78, 5) is 13.0. The number of nitrogens with zero attached hydrogens (tertiary/aromatic N) is 3. The summed E-state index contributed by atoms with van der Waals surface area (Å²) in [6.07, 6.45) is 1.76. The van der Waals surface area contributed by atoms with Crippen molar-refractivity contribution in [2.24, 2.45) is 5.84 Å². The summed E-state index contributed by atoms with van der Waals surface area (Å²) in [6.45, 7) is 5.81. The number of hydrogen-bond acceptors (Lipinski definition) is 5. The van der Waals surface area contributed by atoms with Crippen molar-refractivity contribution in [2.45, 2.75) is 20.8 Å². The third-order valence-electron chi connectivity index (χ3n) is 2.70. The molecule has 88 valence electrons. The minimum absolute atomic E-state index is 0.633. The number of pyridine rings is 1. The van der Waals surface area contributed by atoms with Gasteiger partial charge in [0.15, 0.2) is 5.82 Å². The van der Waals surface area contributed by atoms with E-state index in [4.69, 9.17) is 5.84 Å². The third-order valence-corrected chi connectivity index (χ3v) is 2.70. The zero-order chi connectivity index (χ0) is 12.4. The number of aromatic nitrogens is 3. The van der Waals surface area contributed by atoms with E-state index in [9.17, 15) is 0 Å². The van der Waals surface area contributed by atoms with Crippen LogP contribution in [0.25, 0.3) is 11.4 Å². The van der Waals surface area contributed by atoms with Gasteiger partial charge in [0, 0.05) is 28.7 Å². The molecule has 0 aliphatic heterocycles. The largest absolute Gasteiger partial charge is 0.308 e. The topological polar surface area (TPSA) is 76.7 Å². The van der Waals surface area contributed by atoms with Gasteiger partial charge in [-0.3, -0.25) is 4.98 Å². The second-order valence-electron chi connectivity index (χ2n) is 3.94. The van der Waals surface area contributed by atoms with E-state index in [1.54, 1.807) is 6.20 Å². The maximum atomic E-state index is 5.43. The molecule has 0 spiro atoms. The summed E-state index contributed by atoms with van der Waals surface area (Å²) in [5.41, 5.74) is 6.30.